The van der Waals surface area contributed by atoms with E-state index in [1.807, 2.05) is 4.90 Å². The minimum absolute atomic E-state index is 0.0375. The van der Waals surface area contributed by atoms with Crippen LogP contribution in [0.4, 0.5) is 0 Å². The van der Waals surface area contributed by atoms with Crippen LogP contribution in [0.3, 0.4) is 0 Å². The van der Waals surface area contributed by atoms with Crippen molar-refractivity contribution in [2.45, 2.75) is 43.9 Å². The van der Waals surface area contributed by atoms with Crippen molar-refractivity contribution in [3.63, 3.8) is 0 Å². The summed E-state index contributed by atoms with van der Waals surface area (Å²) in [6.07, 6.45) is 2.99. The highest BCUT2D eigenvalue weighted by molar-refractivity contribution is 14.1. The van der Waals surface area contributed by atoms with E-state index in [1.54, 1.807) is 19.2 Å². The summed E-state index contributed by atoms with van der Waals surface area (Å²) in [4.78, 5) is 14.8. The number of piperidine rings is 1. The molecule has 6 heteroatoms. The number of nitrogens with zero attached hydrogens (tertiary/aromatic N) is 1. The number of rotatable bonds is 2. The van der Waals surface area contributed by atoms with Crippen LogP contribution in [-0.2, 0) is 0 Å². The van der Waals surface area contributed by atoms with Crippen LogP contribution in [0.15, 0.2) is 12.1 Å². The van der Waals surface area contributed by atoms with Crippen molar-refractivity contribution in [3.8, 4) is 5.75 Å². The molecule has 2 aliphatic rings. The van der Waals surface area contributed by atoms with E-state index in [1.165, 1.54) is 0 Å². The number of benzene rings is 1. The lowest BCUT2D eigenvalue weighted by Gasteiger charge is -2.37. The first kappa shape index (κ1) is 15.4. The van der Waals surface area contributed by atoms with E-state index in [4.69, 9.17) is 16.3 Å². The number of aliphatic hydroxyl groups excluding tert-OH is 1. The van der Waals surface area contributed by atoms with E-state index < -0.39 is 0 Å². The Hall–Kier alpha value is -0.530. The molecule has 1 amide bonds. The number of amides is 1. The number of carbonyl (C=O) groups excluding carboxylic acids is 1. The average molecular weight is 422 g/mol. The second-order valence-electron chi connectivity index (χ2n) is 5.69. The molecule has 1 aromatic rings. The molecule has 0 spiro atoms. The third-order valence-corrected chi connectivity index (χ3v) is 5.94. The predicted octanol–water partition coefficient (Wildman–Crippen LogP) is 3.08. The van der Waals surface area contributed by atoms with Gasteiger partial charge in [-0.25, -0.2) is 0 Å². The molecular formula is C15H17ClINO3. The molecule has 0 aromatic heterocycles. The zero-order valence-corrected chi connectivity index (χ0v) is 14.6. The molecule has 2 atom stereocenters. The lowest BCUT2D eigenvalue weighted by Crippen LogP contribution is -2.48. The molecule has 4 nitrogen and oxygen atoms in total. The topological polar surface area (TPSA) is 49.8 Å². The SMILES string of the molecule is COc1cc(I)c(Cl)cc1C(=O)N1C2CCC1CC(O)C2. The van der Waals surface area contributed by atoms with E-state index in [9.17, 15) is 9.90 Å². The highest BCUT2D eigenvalue weighted by atomic mass is 127. The molecule has 2 unspecified atom stereocenters. The van der Waals surface area contributed by atoms with Crippen LogP contribution in [0, 0.1) is 3.57 Å². The van der Waals surface area contributed by atoms with Crippen molar-refractivity contribution in [1.29, 1.82) is 0 Å². The summed E-state index contributed by atoms with van der Waals surface area (Å²) >= 11 is 8.28. The maximum Gasteiger partial charge on any atom is 0.258 e. The molecule has 0 radical (unpaired) electrons. The zero-order chi connectivity index (χ0) is 15.1. The summed E-state index contributed by atoms with van der Waals surface area (Å²) in [5.74, 6) is 0.517. The fraction of sp³-hybridized carbons (Fsp3) is 0.533. The van der Waals surface area contributed by atoms with Gasteiger partial charge in [0.05, 0.1) is 23.8 Å². The number of ether oxygens (including phenoxy) is 1. The molecule has 2 bridgehead atoms. The molecule has 0 aliphatic carbocycles. The number of hydrogen-bond donors (Lipinski definition) is 1. The molecule has 2 fully saturated rings. The van der Waals surface area contributed by atoms with Crippen molar-refractivity contribution in [3.05, 3.63) is 26.3 Å². The predicted molar refractivity (Wildman–Crippen MR) is 88.9 cm³/mol. The molecule has 1 aromatic carbocycles. The van der Waals surface area contributed by atoms with E-state index in [-0.39, 0.29) is 24.1 Å². The second kappa shape index (κ2) is 5.93. The molecule has 2 saturated heterocycles. The third kappa shape index (κ3) is 2.75. The summed E-state index contributed by atoms with van der Waals surface area (Å²) in [6, 6.07) is 3.74. The summed E-state index contributed by atoms with van der Waals surface area (Å²) in [7, 11) is 1.56. The number of aliphatic hydroxyl groups is 1. The largest absolute Gasteiger partial charge is 0.496 e. The van der Waals surface area contributed by atoms with Gasteiger partial charge in [-0.05, 0) is 60.4 Å². The van der Waals surface area contributed by atoms with Gasteiger partial charge in [0.15, 0.2) is 0 Å². The maximum atomic E-state index is 12.9. The van der Waals surface area contributed by atoms with Crippen LogP contribution >= 0.6 is 34.2 Å². The smallest absolute Gasteiger partial charge is 0.258 e. The van der Waals surface area contributed by atoms with Gasteiger partial charge in [-0.2, -0.15) is 0 Å². The van der Waals surface area contributed by atoms with E-state index in [2.05, 4.69) is 22.6 Å². The fourth-order valence-electron chi connectivity index (χ4n) is 3.48. The van der Waals surface area contributed by atoms with Crippen molar-refractivity contribution in [2.24, 2.45) is 0 Å². The minimum atomic E-state index is -0.284. The molecule has 2 heterocycles. The highest BCUT2D eigenvalue weighted by Gasteiger charge is 2.43. The van der Waals surface area contributed by atoms with E-state index in [0.717, 1.165) is 16.4 Å². The van der Waals surface area contributed by atoms with Crippen LogP contribution in [0.2, 0.25) is 5.02 Å². The van der Waals surface area contributed by atoms with Gasteiger partial charge in [0.1, 0.15) is 5.75 Å². The van der Waals surface area contributed by atoms with Crippen molar-refractivity contribution >= 4 is 40.1 Å². The van der Waals surface area contributed by atoms with Crippen LogP contribution in [0.25, 0.3) is 0 Å². The van der Waals surface area contributed by atoms with Crippen LogP contribution in [0.5, 0.6) is 5.75 Å². The van der Waals surface area contributed by atoms with Gasteiger partial charge in [-0.15, -0.1) is 0 Å². The summed E-state index contributed by atoms with van der Waals surface area (Å²) < 4.78 is 6.21. The van der Waals surface area contributed by atoms with Crippen molar-refractivity contribution < 1.29 is 14.6 Å². The van der Waals surface area contributed by atoms with Gasteiger partial charge < -0.3 is 14.7 Å². The Bertz CT molecular complexity index is 566. The monoisotopic (exact) mass is 421 g/mol. The van der Waals surface area contributed by atoms with Crippen LogP contribution < -0.4 is 4.74 Å². The number of halogens is 2. The zero-order valence-electron chi connectivity index (χ0n) is 11.7. The van der Waals surface area contributed by atoms with Gasteiger partial charge in [0.25, 0.3) is 5.91 Å². The Morgan fingerprint density at radius 1 is 1.38 bits per heavy atom. The third-order valence-electron chi connectivity index (χ3n) is 4.42. The first-order valence-corrected chi connectivity index (χ1v) is 8.50. The molecule has 114 valence electrons. The molecule has 2 aliphatic heterocycles. The van der Waals surface area contributed by atoms with Gasteiger partial charge in [0, 0.05) is 15.7 Å². The average Bonchev–Trinajstić information content (AvgIpc) is 2.72. The lowest BCUT2D eigenvalue weighted by molar-refractivity contribution is 0.0285. The van der Waals surface area contributed by atoms with Gasteiger partial charge in [-0.3, -0.25) is 4.79 Å². The summed E-state index contributed by atoms with van der Waals surface area (Å²) in [6.45, 7) is 0. The maximum absolute atomic E-state index is 12.9. The van der Waals surface area contributed by atoms with Crippen molar-refractivity contribution in [1.82, 2.24) is 4.90 Å². The normalized spacial score (nSPS) is 27.8. The molecule has 1 N–H and O–H groups in total. The molecular weight excluding hydrogens is 405 g/mol. The Kier molecular flexibility index (Phi) is 4.34. The fourth-order valence-corrected chi connectivity index (χ4v) is 4.09. The van der Waals surface area contributed by atoms with E-state index >= 15 is 0 Å². The van der Waals surface area contributed by atoms with E-state index in [0.29, 0.717) is 29.2 Å². The summed E-state index contributed by atoms with van der Waals surface area (Å²) in [5.41, 5.74) is 0.510. The number of hydrogen-bond acceptors (Lipinski definition) is 3. The Balaban J connectivity index is 1.94. The first-order chi connectivity index (χ1) is 10.0. The van der Waals surface area contributed by atoms with Gasteiger partial charge in [0.2, 0.25) is 0 Å². The number of fused-ring (bicyclic) bond motifs is 2. The second-order valence-corrected chi connectivity index (χ2v) is 7.26. The lowest BCUT2D eigenvalue weighted by atomic mass is 9.98. The number of carbonyl (C=O) groups is 1. The van der Waals surface area contributed by atoms with Crippen LogP contribution in [0.1, 0.15) is 36.0 Å². The minimum Gasteiger partial charge on any atom is -0.496 e. The summed E-state index contributed by atoms with van der Waals surface area (Å²) in [5, 5.41) is 10.4. The Morgan fingerprint density at radius 3 is 2.57 bits per heavy atom. The quantitative estimate of drug-likeness (QED) is 0.747. The Labute approximate surface area is 142 Å². The van der Waals surface area contributed by atoms with Gasteiger partial charge in [-0.1, -0.05) is 11.6 Å². The van der Waals surface area contributed by atoms with Crippen molar-refractivity contribution in [2.75, 3.05) is 7.11 Å². The molecule has 0 saturated carbocycles. The molecule has 21 heavy (non-hydrogen) atoms. The Morgan fingerprint density at radius 2 is 2.00 bits per heavy atom. The highest BCUT2D eigenvalue weighted by Crippen LogP contribution is 2.38. The number of methoxy groups -OCH3 is 1. The van der Waals surface area contributed by atoms with Gasteiger partial charge >= 0.3 is 0 Å². The first-order valence-electron chi connectivity index (χ1n) is 7.05. The molecule has 3 rings (SSSR count). The standard InChI is InChI=1S/C15H17ClINO3/c1-21-14-7-13(17)12(16)6-11(14)15(20)18-8-2-3-9(18)5-10(19)4-8/h6-10,19H,2-5H2,1H3. The van der Waals surface area contributed by atoms with Crippen LogP contribution in [-0.4, -0.2) is 41.2 Å².